The number of halogens is 2. The van der Waals surface area contributed by atoms with Crippen LogP contribution in [-0.4, -0.2) is 19.0 Å². The molecule has 92 valence electrons. The quantitative estimate of drug-likeness (QED) is 0.849. The van der Waals surface area contributed by atoms with Crippen LogP contribution in [0.3, 0.4) is 0 Å². The third kappa shape index (κ3) is 3.53. The van der Waals surface area contributed by atoms with Gasteiger partial charge >= 0.3 is 0 Å². The molecule has 1 heterocycles. The molecule has 1 aromatic carbocycles. The van der Waals surface area contributed by atoms with Crippen molar-refractivity contribution in [2.24, 2.45) is 5.92 Å². The number of nitrogens with one attached hydrogen (secondary N) is 2. The molecular formula is C12H14Br2N2O. The summed E-state index contributed by atoms with van der Waals surface area (Å²) < 4.78 is 1.88. The molecule has 17 heavy (non-hydrogen) atoms. The van der Waals surface area contributed by atoms with Gasteiger partial charge in [-0.15, -0.1) is 0 Å². The van der Waals surface area contributed by atoms with E-state index in [1.807, 2.05) is 18.2 Å². The Hall–Kier alpha value is -0.390. The molecule has 1 saturated heterocycles. The number of carbonyl (C=O) groups excluding carboxylic acids is 1. The van der Waals surface area contributed by atoms with Gasteiger partial charge in [-0.3, -0.25) is 4.79 Å². The maximum Gasteiger partial charge on any atom is 0.228 e. The van der Waals surface area contributed by atoms with Gasteiger partial charge in [0, 0.05) is 15.5 Å². The van der Waals surface area contributed by atoms with Crippen molar-refractivity contribution in [1.29, 1.82) is 0 Å². The standard InChI is InChI=1S/C12H14Br2N2O/c13-9-3-4-11(10(14)6-9)16-12(17)8-2-1-5-15-7-8/h3-4,6,8,15H,1-2,5,7H2,(H,16,17). The number of benzene rings is 1. The first-order valence-corrected chi connectivity index (χ1v) is 7.22. The minimum absolute atomic E-state index is 0.0827. The summed E-state index contributed by atoms with van der Waals surface area (Å²) in [6.07, 6.45) is 2.03. The van der Waals surface area contributed by atoms with Gasteiger partial charge in [-0.25, -0.2) is 0 Å². The summed E-state index contributed by atoms with van der Waals surface area (Å²) in [4.78, 5) is 12.0. The van der Waals surface area contributed by atoms with Gasteiger partial charge < -0.3 is 10.6 Å². The number of amides is 1. The number of carbonyl (C=O) groups is 1. The summed E-state index contributed by atoms with van der Waals surface area (Å²) in [5, 5.41) is 6.21. The van der Waals surface area contributed by atoms with Gasteiger partial charge in [0.05, 0.1) is 11.6 Å². The van der Waals surface area contributed by atoms with E-state index in [4.69, 9.17) is 0 Å². The smallest absolute Gasteiger partial charge is 0.228 e. The Kier molecular flexibility index (Phi) is 4.59. The van der Waals surface area contributed by atoms with Crippen LogP contribution < -0.4 is 10.6 Å². The van der Waals surface area contributed by atoms with Crippen molar-refractivity contribution in [3.8, 4) is 0 Å². The second-order valence-electron chi connectivity index (χ2n) is 4.16. The van der Waals surface area contributed by atoms with Crippen molar-refractivity contribution >= 4 is 43.5 Å². The number of rotatable bonds is 2. The average molecular weight is 362 g/mol. The molecule has 0 radical (unpaired) electrons. The van der Waals surface area contributed by atoms with Gasteiger partial charge in [-0.05, 0) is 53.5 Å². The fourth-order valence-electron chi connectivity index (χ4n) is 1.90. The normalized spacial score (nSPS) is 20.0. The molecule has 1 aliphatic rings. The molecule has 5 heteroatoms. The van der Waals surface area contributed by atoms with Crippen molar-refractivity contribution in [2.45, 2.75) is 12.8 Å². The molecule has 1 aromatic rings. The maximum absolute atomic E-state index is 12.0. The van der Waals surface area contributed by atoms with Crippen LogP contribution >= 0.6 is 31.9 Å². The summed E-state index contributed by atoms with van der Waals surface area (Å²) in [5.41, 5.74) is 0.823. The molecule has 0 spiro atoms. The van der Waals surface area contributed by atoms with Gasteiger partial charge in [0.15, 0.2) is 0 Å². The predicted octanol–water partition coefficient (Wildman–Crippen LogP) is 3.15. The van der Waals surface area contributed by atoms with Gasteiger partial charge in [0.2, 0.25) is 5.91 Å². The lowest BCUT2D eigenvalue weighted by Crippen LogP contribution is -2.37. The molecule has 1 aliphatic heterocycles. The zero-order valence-electron chi connectivity index (χ0n) is 9.30. The SMILES string of the molecule is O=C(Nc1ccc(Br)cc1Br)C1CCCNC1. The molecule has 0 aromatic heterocycles. The topological polar surface area (TPSA) is 41.1 Å². The van der Waals surface area contributed by atoms with E-state index in [0.29, 0.717) is 0 Å². The third-order valence-corrected chi connectivity index (χ3v) is 4.01. The zero-order valence-corrected chi connectivity index (χ0v) is 12.5. The third-order valence-electron chi connectivity index (χ3n) is 2.86. The minimum Gasteiger partial charge on any atom is -0.325 e. The first kappa shape index (κ1) is 13.1. The van der Waals surface area contributed by atoms with E-state index in [-0.39, 0.29) is 11.8 Å². The van der Waals surface area contributed by atoms with Crippen molar-refractivity contribution in [1.82, 2.24) is 5.32 Å². The van der Waals surface area contributed by atoms with Crippen LogP contribution in [0.15, 0.2) is 27.1 Å². The molecule has 0 saturated carbocycles. The molecule has 1 amide bonds. The lowest BCUT2D eigenvalue weighted by Gasteiger charge is -2.22. The summed E-state index contributed by atoms with van der Waals surface area (Å²) in [6, 6.07) is 5.73. The molecule has 1 fully saturated rings. The van der Waals surface area contributed by atoms with Crippen LogP contribution in [0.1, 0.15) is 12.8 Å². The lowest BCUT2D eigenvalue weighted by atomic mass is 9.99. The Bertz CT molecular complexity index is 417. The molecule has 2 rings (SSSR count). The predicted molar refractivity (Wildman–Crippen MR) is 76.1 cm³/mol. The van der Waals surface area contributed by atoms with Gasteiger partial charge in [-0.2, -0.15) is 0 Å². The molecule has 0 aliphatic carbocycles. The molecule has 3 nitrogen and oxygen atoms in total. The first-order chi connectivity index (χ1) is 8.16. The van der Waals surface area contributed by atoms with E-state index < -0.39 is 0 Å². The highest BCUT2D eigenvalue weighted by Crippen LogP contribution is 2.27. The van der Waals surface area contributed by atoms with E-state index in [9.17, 15) is 4.79 Å². The highest BCUT2D eigenvalue weighted by atomic mass is 79.9. The molecule has 1 unspecified atom stereocenters. The Morgan fingerprint density at radius 1 is 1.41 bits per heavy atom. The van der Waals surface area contributed by atoms with Crippen molar-refractivity contribution in [3.05, 3.63) is 27.1 Å². The van der Waals surface area contributed by atoms with Crippen LogP contribution in [0, 0.1) is 5.92 Å². The Morgan fingerprint density at radius 3 is 2.88 bits per heavy atom. The number of hydrogen-bond acceptors (Lipinski definition) is 2. The number of anilines is 1. The largest absolute Gasteiger partial charge is 0.325 e. The summed E-state index contributed by atoms with van der Waals surface area (Å²) in [5.74, 6) is 0.180. The second kappa shape index (κ2) is 5.98. The van der Waals surface area contributed by atoms with Crippen LogP contribution in [0.4, 0.5) is 5.69 Å². The Labute approximate surface area is 118 Å². The molecule has 2 N–H and O–H groups in total. The fourth-order valence-corrected chi connectivity index (χ4v) is 3.05. The van der Waals surface area contributed by atoms with Crippen LogP contribution in [0.2, 0.25) is 0 Å². The summed E-state index contributed by atoms with van der Waals surface area (Å²) >= 11 is 6.83. The summed E-state index contributed by atoms with van der Waals surface area (Å²) in [6.45, 7) is 1.80. The molecular weight excluding hydrogens is 348 g/mol. The zero-order chi connectivity index (χ0) is 12.3. The highest BCUT2D eigenvalue weighted by molar-refractivity contribution is 9.11. The first-order valence-electron chi connectivity index (χ1n) is 5.63. The van der Waals surface area contributed by atoms with Gasteiger partial charge in [0.25, 0.3) is 0 Å². The van der Waals surface area contributed by atoms with Crippen LogP contribution in [0.25, 0.3) is 0 Å². The lowest BCUT2D eigenvalue weighted by molar-refractivity contribution is -0.120. The monoisotopic (exact) mass is 360 g/mol. The van der Waals surface area contributed by atoms with E-state index in [1.54, 1.807) is 0 Å². The van der Waals surface area contributed by atoms with E-state index in [1.165, 1.54) is 0 Å². The van der Waals surface area contributed by atoms with E-state index in [2.05, 4.69) is 42.5 Å². The van der Waals surface area contributed by atoms with Crippen molar-refractivity contribution in [3.63, 3.8) is 0 Å². The fraction of sp³-hybridized carbons (Fsp3) is 0.417. The van der Waals surface area contributed by atoms with Crippen LogP contribution in [0.5, 0.6) is 0 Å². The van der Waals surface area contributed by atoms with E-state index in [0.717, 1.165) is 40.6 Å². The average Bonchev–Trinajstić information content (AvgIpc) is 2.34. The Balaban J connectivity index is 2.02. The molecule has 1 atom stereocenters. The Morgan fingerprint density at radius 2 is 2.24 bits per heavy atom. The van der Waals surface area contributed by atoms with E-state index >= 15 is 0 Å². The van der Waals surface area contributed by atoms with Crippen LogP contribution in [-0.2, 0) is 4.79 Å². The minimum atomic E-state index is 0.0827. The number of hydrogen-bond donors (Lipinski definition) is 2. The highest BCUT2D eigenvalue weighted by Gasteiger charge is 2.21. The summed E-state index contributed by atoms with van der Waals surface area (Å²) in [7, 11) is 0. The second-order valence-corrected chi connectivity index (χ2v) is 5.93. The molecule has 0 bridgehead atoms. The van der Waals surface area contributed by atoms with Gasteiger partial charge in [0.1, 0.15) is 0 Å². The number of piperidine rings is 1. The van der Waals surface area contributed by atoms with Crippen molar-refractivity contribution in [2.75, 3.05) is 18.4 Å². The maximum atomic E-state index is 12.0. The van der Waals surface area contributed by atoms with Gasteiger partial charge in [-0.1, -0.05) is 15.9 Å². The van der Waals surface area contributed by atoms with Crippen molar-refractivity contribution < 1.29 is 4.79 Å².